The van der Waals surface area contributed by atoms with Crippen molar-refractivity contribution < 1.29 is 0 Å². The number of benzene rings is 8. The van der Waals surface area contributed by atoms with Crippen LogP contribution in [0.5, 0.6) is 0 Å². The maximum atomic E-state index is 2.49. The zero-order chi connectivity index (χ0) is 30.6. The highest BCUT2D eigenvalue weighted by Crippen LogP contribution is 2.61. The van der Waals surface area contributed by atoms with Gasteiger partial charge in [0.2, 0.25) is 0 Å². The molecule has 1 aliphatic rings. The third-order valence-corrected chi connectivity index (χ3v) is 10.2. The molecular weight excluding hydrogens is 553 g/mol. The fourth-order valence-corrected chi connectivity index (χ4v) is 8.34. The molecule has 0 heterocycles. The molecule has 8 aromatic rings. The summed E-state index contributed by atoms with van der Waals surface area (Å²) in [6.45, 7) is 0. The molecule has 0 unspecified atom stereocenters. The van der Waals surface area contributed by atoms with Crippen molar-refractivity contribution in [3.63, 3.8) is 0 Å². The molecule has 0 radical (unpaired) electrons. The smallest absolute Gasteiger partial charge is 0.0622 e. The van der Waals surface area contributed by atoms with Gasteiger partial charge in [0.05, 0.1) is 10.8 Å². The van der Waals surface area contributed by atoms with Crippen molar-refractivity contribution in [1.29, 1.82) is 0 Å². The number of rotatable bonds is 4. The van der Waals surface area contributed by atoms with Gasteiger partial charge in [-0.05, 0) is 90.3 Å². The summed E-state index contributed by atoms with van der Waals surface area (Å²) < 4.78 is 0. The largest absolute Gasteiger partial charge is 0.0708 e. The van der Waals surface area contributed by atoms with Gasteiger partial charge in [0, 0.05) is 0 Å². The van der Waals surface area contributed by atoms with Crippen LogP contribution in [0.3, 0.4) is 0 Å². The first kappa shape index (κ1) is 26.7. The van der Waals surface area contributed by atoms with E-state index >= 15 is 0 Å². The molecule has 9 rings (SSSR count). The Morgan fingerprint density at radius 3 is 0.630 bits per heavy atom. The Kier molecular flexibility index (Phi) is 6.05. The second-order valence-corrected chi connectivity index (χ2v) is 12.5. The van der Waals surface area contributed by atoms with Crippen molar-refractivity contribution in [1.82, 2.24) is 0 Å². The van der Waals surface area contributed by atoms with E-state index in [1.165, 1.54) is 66.1 Å². The fraction of sp³-hybridized carbons (Fsp3) is 0.0435. The number of hydrogen-bond acceptors (Lipinski definition) is 0. The predicted molar refractivity (Wildman–Crippen MR) is 192 cm³/mol. The lowest BCUT2D eigenvalue weighted by molar-refractivity contribution is 0.618. The van der Waals surface area contributed by atoms with E-state index in [2.05, 4.69) is 194 Å². The summed E-state index contributed by atoms with van der Waals surface area (Å²) in [6.07, 6.45) is 0. The zero-order valence-corrected chi connectivity index (χ0v) is 25.5. The molecule has 0 amide bonds. The molecule has 0 aromatic heterocycles. The molecule has 0 saturated carbocycles. The zero-order valence-electron chi connectivity index (χ0n) is 25.5. The van der Waals surface area contributed by atoms with Crippen LogP contribution in [0.1, 0.15) is 44.5 Å². The van der Waals surface area contributed by atoms with E-state index in [0.29, 0.717) is 0 Å². The summed E-state index contributed by atoms with van der Waals surface area (Å²) in [4.78, 5) is 0. The summed E-state index contributed by atoms with van der Waals surface area (Å²) in [5, 5.41) is 4.99. The molecule has 46 heavy (non-hydrogen) atoms. The summed E-state index contributed by atoms with van der Waals surface area (Å²) in [5.74, 6) is 0. The van der Waals surface area contributed by atoms with Crippen LogP contribution in [-0.2, 0) is 10.8 Å². The number of hydrogen-bond donors (Lipinski definition) is 0. The van der Waals surface area contributed by atoms with Crippen molar-refractivity contribution in [2.75, 3.05) is 0 Å². The highest BCUT2D eigenvalue weighted by Gasteiger charge is 2.54. The minimum absolute atomic E-state index is 0.561. The van der Waals surface area contributed by atoms with E-state index in [-0.39, 0.29) is 0 Å². The lowest BCUT2D eigenvalue weighted by Gasteiger charge is -2.51. The Morgan fingerprint density at radius 2 is 0.413 bits per heavy atom. The second-order valence-electron chi connectivity index (χ2n) is 12.5. The molecule has 8 aromatic carbocycles. The average molecular weight is 585 g/mol. The SMILES string of the molecule is c1ccc(C2(c3ccccc3)c3cc4ccccc4cc3C(c3ccccc3)(c3ccccc3)c3cc4ccccc4cc32)cc1. The van der Waals surface area contributed by atoms with Crippen molar-refractivity contribution in [3.05, 3.63) is 239 Å². The molecule has 0 N–H and O–H groups in total. The number of fused-ring (bicyclic) bond motifs is 4. The van der Waals surface area contributed by atoms with Gasteiger partial charge in [0.15, 0.2) is 0 Å². The van der Waals surface area contributed by atoms with Crippen LogP contribution in [0.15, 0.2) is 194 Å². The summed E-state index contributed by atoms with van der Waals surface area (Å²) in [6, 6.07) is 72.3. The normalized spacial score (nSPS) is 14.4. The lowest BCUT2D eigenvalue weighted by atomic mass is 9.50. The third kappa shape index (κ3) is 3.68. The second kappa shape index (κ2) is 10.4. The van der Waals surface area contributed by atoms with Gasteiger partial charge in [-0.1, -0.05) is 170 Å². The standard InChI is InChI=1S/C46H32/c1-5-21-37(22-6-1)45(38-23-7-2-8-24-38)41-29-33-17-13-15-19-35(33)31-43(41)46(39-25-9-3-10-26-39,40-27-11-4-12-28-40)44-32-36-20-16-14-18-34(36)30-42(44)45/h1-32H. The minimum Gasteiger partial charge on any atom is -0.0622 e. The summed E-state index contributed by atoms with van der Waals surface area (Å²) in [7, 11) is 0. The van der Waals surface area contributed by atoms with Crippen molar-refractivity contribution in [2.24, 2.45) is 0 Å². The molecule has 0 heteroatoms. The van der Waals surface area contributed by atoms with Crippen molar-refractivity contribution >= 4 is 21.5 Å². The van der Waals surface area contributed by atoms with Gasteiger partial charge < -0.3 is 0 Å². The minimum atomic E-state index is -0.561. The van der Waals surface area contributed by atoms with Crippen LogP contribution < -0.4 is 0 Å². The first-order chi connectivity index (χ1) is 22.8. The van der Waals surface area contributed by atoms with Crippen LogP contribution >= 0.6 is 0 Å². The van der Waals surface area contributed by atoms with E-state index in [1.807, 2.05) is 0 Å². The predicted octanol–water partition coefficient (Wildman–Crippen LogP) is 11.1. The van der Waals surface area contributed by atoms with Gasteiger partial charge in [-0.2, -0.15) is 0 Å². The lowest BCUT2D eigenvalue weighted by Crippen LogP contribution is -2.45. The highest BCUT2D eigenvalue weighted by molar-refractivity contribution is 5.92. The highest BCUT2D eigenvalue weighted by atomic mass is 14.5. The van der Waals surface area contributed by atoms with Gasteiger partial charge >= 0.3 is 0 Å². The molecule has 0 aliphatic heterocycles. The van der Waals surface area contributed by atoms with Gasteiger partial charge in [-0.15, -0.1) is 0 Å². The first-order valence-electron chi connectivity index (χ1n) is 16.1. The topological polar surface area (TPSA) is 0 Å². The molecule has 0 spiro atoms. The van der Waals surface area contributed by atoms with Crippen LogP contribution in [0.4, 0.5) is 0 Å². The maximum Gasteiger partial charge on any atom is 0.0708 e. The van der Waals surface area contributed by atoms with Crippen LogP contribution in [0, 0.1) is 0 Å². The molecule has 0 saturated heterocycles. The van der Waals surface area contributed by atoms with E-state index in [1.54, 1.807) is 0 Å². The Morgan fingerprint density at radius 1 is 0.217 bits per heavy atom. The summed E-state index contributed by atoms with van der Waals surface area (Å²) >= 11 is 0. The molecule has 216 valence electrons. The van der Waals surface area contributed by atoms with E-state index < -0.39 is 10.8 Å². The quantitative estimate of drug-likeness (QED) is 0.193. The summed E-state index contributed by atoms with van der Waals surface area (Å²) in [5.41, 5.74) is 9.22. The van der Waals surface area contributed by atoms with Crippen LogP contribution in [0.2, 0.25) is 0 Å². The fourth-order valence-electron chi connectivity index (χ4n) is 8.34. The van der Waals surface area contributed by atoms with Crippen LogP contribution in [-0.4, -0.2) is 0 Å². The van der Waals surface area contributed by atoms with Gasteiger partial charge in [-0.25, -0.2) is 0 Å². The molecule has 0 nitrogen and oxygen atoms in total. The Labute approximate surface area is 270 Å². The van der Waals surface area contributed by atoms with Crippen molar-refractivity contribution in [3.8, 4) is 0 Å². The van der Waals surface area contributed by atoms with Crippen LogP contribution in [0.25, 0.3) is 21.5 Å². The first-order valence-corrected chi connectivity index (χ1v) is 16.1. The van der Waals surface area contributed by atoms with E-state index in [4.69, 9.17) is 0 Å². The maximum absolute atomic E-state index is 2.49. The van der Waals surface area contributed by atoms with E-state index in [0.717, 1.165) is 0 Å². The molecular formula is C46H32. The van der Waals surface area contributed by atoms with Gasteiger partial charge in [0.1, 0.15) is 0 Å². The molecule has 0 fully saturated rings. The van der Waals surface area contributed by atoms with Gasteiger partial charge in [0.25, 0.3) is 0 Å². The Balaban J connectivity index is 1.60. The average Bonchev–Trinajstić information content (AvgIpc) is 3.14. The van der Waals surface area contributed by atoms with Gasteiger partial charge in [-0.3, -0.25) is 0 Å². The van der Waals surface area contributed by atoms with E-state index in [9.17, 15) is 0 Å². The Hall–Kier alpha value is -5.72. The molecule has 1 aliphatic carbocycles. The molecule has 0 atom stereocenters. The molecule has 0 bridgehead atoms. The third-order valence-electron chi connectivity index (χ3n) is 10.2. The monoisotopic (exact) mass is 584 g/mol. The Bertz CT molecular complexity index is 2000. The van der Waals surface area contributed by atoms with Crippen molar-refractivity contribution in [2.45, 2.75) is 10.8 Å².